The van der Waals surface area contributed by atoms with Crippen LogP contribution in [0.1, 0.15) is 55.4 Å². The molecule has 0 rings (SSSR count). The summed E-state index contributed by atoms with van der Waals surface area (Å²) in [6.45, 7) is 15.7. The van der Waals surface area contributed by atoms with Crippen molar-refractivity contribution in [3.8, 4) is 0 Å². The van der Waals surface area contributed by atoms with Crippen LogP contribution >= 0.6 is 0 Å². The molecule has 0 atom stereocenters. The van der Waals surface area contributed by atoms with Crippen molar-refractivity contribution in [2.45, 2.75) is 61.0 Å². The van der Waals surface area contributed by atoms with E-state index in [0.29, 0.717) is 0 Å². The highest BCUT2D eigenvalue weighted by molar-refractivity contribution is 5.89. The minimum atomic E-state index is -0.420. The lowest BCUT2D eigenvalue weighted by atomic mass is 9.85. The molecule has 0 aliphatic heterocycles. The standard InChI is InChI=1S/C13H24O2/c1-9(10(2)12(3,4)5)11(14)15-13(6,7)8/h1-8H3. The average molecular weight is 212 g/mol. The third-order valence-corrected chi connectivity index (χ3v) is 2.39. The third kappa shape index (κ3) is 5.01. The van der Waals surface area contributed by atoms with Crippen LogP contribution < -0.4 is 0 Å². The van der Waals surface area contributed by atoms with Crippen LogP contribution in [0.5, 0.6) is 0 Å². The van der Waals surface area contributed by atoms with E-state index in [1.54, 1.807) is 0 Å². The van der Waals surface area contributed by atoms with Gasteiger partial charge in [0.1, 0.15) is 5.60 Å². The molecule has 0 aromatic carbocycles. The predicted octanol–water partition coefficient (Wildman–Crippen LogP) is 3.71. The molecule has 0 bridgehead atoms. The maximum absolute atomic E-state index is 11.8. The van der Waals surface area contributed by atoms with Gasteiger partial charge in [0.25, 0.3) is 0 Å². The zero-order valence-corrected chi connectivity index (χ0v) is 11.3. The number of rotatable bonds is 1. The van der Waals surface area contributed by atoms with Gasteiger partial charge in [-0.25, -0.2) is 4.79 Å². The van der Waals surface area contributed by atoms with E-state index in [1.165, 1.54) is 0 Å². The first kappa shape index (κ1) is 14.2. The van der Waals surface area contributed by atoms with E-state index in [2.05, 4.69) is 20.8 Å². The Kier molecular flexibility index (Phi) is 4.15. The summed E-state index contributed by atoms with van der Waals surface area (Å²) in [7, 11) is 0. The van der Waals surface area contributed by atoms with E-state index in [4.69, 9.17) is 4.74 Å². The second kappa shape index (κ2) is 4.38. The van der Waals surface area contributed by atoms with Gasteiger partial charge in [0.15, 0.2) is 0 Å². The van der Waals surface area contributed by atoms with Crippen molar-refractivity contribution >= 4 is 5.97 Å². The van der Waals surface area contributed by atoms with E-state index < -0.39 is 5.60 Å². The van der Waals surface area contributed by atoms with Gasteiger partial charge in [0, 0.05) is 5.57 Å². The van der Waals surface area contributed by atoms with E-state index in [0.717, 1.165) is 11.1 Å². The summed E-state index contributed by atoms with van der Waals surface area (Å²) in [5, 5.41) is 0. The van der Waals surface area contributed by atoms with E-state index in [9.17, 15) is 4.79 Å². The summed E-state index contributed by atoms with van der Waals surface area (Å²) in [6, 6.07) is 0. The van der Waals surface area contributed by atoms with Gasteiger partial charge in [-0.15, -0.1) is 0 Å². The molecule has 0 aromatic rings. The Hall–Kier alpha value is -0.790. The van der Waals surface area contributed by atoms with E-state index in [-0.39, 0.29) is 11.4 Å². The first-order valence-electron chi connectivity index (χ1n) is 5.36. The number of esters is 1. The van der Waals surface area contributed by atoms with Gasteiger partial charge < -0.3 is 4.74 Å². The van der Waals surface area contributed by atoms with Crippen molar-refractivity contribution in [3.63, 3.8) is 0 Å². The molecule has 0 saturated heterocycles. The van der Waals surface area contributed by atoms with E-state index in [1.807, 2.05) is 34.6 Å². The quantitative estimate of drug-likeness (QED) is 0.489. The monoisotopic (exact) mass is 212 g/mol. The fraction of sp³-hybridized carbons (Fsp3) is 0.769. The van der Waals surface area contributed by atoms with Crippen molar-refractivity contribution in [3.05, 3.63) is 11.1 Å². The van der Waals surface area contributed by atoms with Gasteiger partial charge >= 0.3 is 5.97 Å². The van der Waals surface area contributed by atoms with Gasteiger partial charge in [-0.2, -0.15) is 0 Å². The highest BCUT2D eigenvalue weighted by atomic mass is 16.6. The lowest BCUT2D eigenvalue weighted by Crippen LogP contribution is -2.25. The van der Waals surface area contributed by atoms with Crippen LogP contribution in [0.2, 0.25) is 0 Å². The minimum absolute atomic E-state index is 0.0149. The number of hydrogen-bond donors (Lipinski definition) is 0. The van der Waals surface area contributed by atoms with Crippen molar-refractivity contribution in [1.29, 1.82) is 0 Å². The molecular weight excluding hydrogens is 188 g/mol. The molecule has 2 nitrogen and oxygen atoms in total. The Bertz CT molecular complexity index is 272. The van der Waals surface area contributed by atoms with Crippen LogP contribution in [0.3, 0.4) is 0 Å². The summed E-state index contributed by atoms with van der Waals surface area (Å²) < 4.78 is 5.32. The first-order chi connectivity index (χ1) is 6.45. The topological polar surface area (TPSA) is 26.3 Å². The fourth-order valence-corrected chi connectivity index (χ4v) is 1.07. The zero-order chi connectivity index (χ0) is 12.4. The Balaban J connectivity index is 4.87. The van der Waals surface area contributed by atoms with E-state index >= 15 is 0 Å². The summed E-state index contributed by atoms with van der Waals surface area (Å²) in [4.78, 5) is 11.8. The van der Waals surface area contributed by atoms with Crippen molar-refractivity contribution in [1.82, 2.24) is 0 Å². The number of ether oxygens (including phenoxy) is 1. The molecule has 0 aliphatic rings. The molecule has 0 saturated carbocycles. The molecule has 2 heteroatoms. The maximum atomic E-state index is 11.8. The number of allylic oxidation sites excluding steroid dienone is 1. The summed E-state index contributed by atoms with van der Waals surface area (Å²) in [5.41, 5.74) is 1.39. The predicted molar refractivity (Wildman–Crippen MR) is 63.7 cm³/mol. The normalized spacial score (nSPS) is 14.7. The van der Waals surface area contributed by atoms with Gasteiger partial charge in [-0.3, -0.25) is 0 Å². The second-order valence-corrected chi connectivity index (χ2v) is 6.00. The molecule has 0 amide bonds. The number of carbonyl (C=O) groups is 1. The maximum Gasteiger partial charge on any atom is 0.334 e. The largest absolute Gasteiger partial charge is 0.457 e. The Morgan fingerprint density at radius 1 is 0.933 bits per heavy atom. The Labute approximate surface area is 93.7 Å². The summed E-state index contributed by atoms with van der Waals surface area (Å²) in [6.07, 6.45) is 0. The van der Waals surface area contributed by atoms with Crippen molar-refractivity contribution < 1.29 is 9.53 Å². The van der Waals surface area contributed by atoms with Crippen LogP contribution in [0.4, 0.5) is 0 Å². The molecular formula is C13H24O2. The molecule has 0 fully saturated rings. The molecule has 0 heterocycles. The lowest BCUT2D eigenvalue weighted by Gasteiger charge is -2.24. The van der Waals surface area contributed by atoms with Crippen LogP contribution in [-0.4, -0.2) is 11.6 Å². The molecule has 0 aliphatic carbocycles. The highest BCUT2D eigenvalue weighted by Crippen LogP contribution is 2.28. The molecule has 0 spiro atoms. The van der Waals surface area contributed by atoms with Crippen LogP contribution in [-0.2, 0) is 9.53 Å². The zero-order valence-electron chi connectivity index (χ0n) is 11.3. The van der Waals surface area contributed by atoms with Gasteiger partial charge in [-0.05, 0) is 40.0 Å². The van der Waals surface area contributed by atoms with Gasteiger partial charge in [-0.1, -0.05) is 26.3 Å². The van der Waals surface area contributed by atoms with Gasteiger partial charge in [0.05, 0.1) is 0 Å². The molecule has 0 radical (unpaired) electrons. The minimum Gasteiger partial charge on any atom is -0.457 e. The summed E-state index contributed by atoms with van der Waals surface area (Å²) in [5.74, 6) is -0.213. The van der Waals surface area contributed by atoms with Crippen molar-refractivity contribution in [2.75, 3.05) is 0 Å². The SMILES string of the molecule is CC(C(=O)OC(C)(C)C)=C(C)C(C)(C)C. The second-order valence-electron chi connectivity index (χ2n) is 6.00. The van der Waals surface area contributed by atoms with Crippen molar-refractivity contribution in [2.24, 2.45) is 5.41 Å². The Morgan fingerprint density at radius 3 is 1.60 bits per heavy atom. The van der Waals surface area contributed by atoms with Gasteiger partial charge in [0.2, 0.25) is 0 Å². The van der Waals surface area contributed by atoms with Crippen LogP contribution in [0.15, 0.2) is 11.1 Å². The number of hydrogen-bond acceptors (Lipinski definition) is 2. The van der Waals surface area contributed by atoms with Crippen LogP contribution in [0.25, 0.3) is 0 Å². The molecule has 0 aromatic heterocycles. The third-order valence-electron chi connectivity index (χ3n) is 2.39. The molecule has 0 unspecified atom stereocenters. The average Bonchev–Trinajstić information content (AvgIpc) is 1.96. The number of carbonyl (C=O) groups excluding carboxylic acids is 1. The fourth-order valence-electron chi connectivity index (χ4n) is 1.07. The first-order valence-corrected chi connectivity index (χ1v) is 5.36. The highest BCUT2D eigenvalue weighted by Gasteiger charge is 2.22. The Morgan fingerprint density at radius 2 is 1.33 bits per heavy atom. The molecule has 88 valence electrons. The smallest absolute Gasteiger partial charge is 0.334 e. The summed E-state index contributed by atoms with van der Waals surface area (Å²) >= 11 is 0. The van der Waals surface area contributed by atoms with Crippen LogP contribution in [0, 0.1) is 5.41 Å². The molecule has 0 N–H and O–H groups in total. The molecule has 15 heavy (non-hydrogen) atoms. The lowest BCUT2D eigenvalue weighted by molar-refractivity contribution is -0.149.